The Morgan fingerprint density at radius 2 is 1.95 bits per heavy atom. The molecule has 0 unspecified atom stereocenters. The number of carbonyl (C=O) groups is 1. The van der Waals surface area contributed by atoms with Crippen LogP contribution >= 0.6 is 43.5 Å². The average Bonchev–Trinajstić information content (AvgIpc) is 2.82. The molecule has 1 amide bonds. The maximum absolute atomic E-state index is 13.4. The minimum atomic E-state index is -0.499. The van der Waals surface area contributed by atoms with E-state index in [-0.39, 0.29) is 17.9 Å². The number of nitrogens with zero attached hydrogens (tertiary/aromatic N) is 3. The lowest BCUT2D eigenvalue weighted by molar-refractivity contribution is -0.118. The van der Waals surface area contributed by atoms with Gasteiger partial charge in [0.2, 0.25) is 0 Å². The van der Waals surface area contributed by atoms with Gasteiger partial charge in [0.25, 0.3) is 11.5 Å². The third kappa shape index (κ3) is 6.48. The van der Waals surface area contributed by atoms with Crippen LogP contribution in [0.15, 0.2) is 73.4 Å². The zero-order chi connectivity index (χ0) is 27.6. The Hall–Kier alpha value is -3.08. The maximum atomic E-state index is 13.4. The van der Waals surface area contributed by atoms with Gasteiger partial charge in [0.15, 0.2) is 6.61 Å². The lowest BCUT2D eigenvalue weighted by atomic mass is 9.95. The van der Waals surface area contributed by atoms with E-state index in [0.29, 0.717) is 37.5 Å². The summed E-state index contributed by atoms with van der Waals surface area (Å²) in [5.41, 5.74) is 0.453. The highest BCUT2D eigenvalue weighted by atomic mass is 79.9. The molecule has 0 saturated carbocycles. The van der Waals surface area contributed by atoms with Crippen molar-refractivity contribution in [2.24, 2.45) is 5.10 Å². The Morgan fingerprint density at radius 3 is 2.66 bits per heavy atom. The highest BCUT2D eigenvalue weighted by Gasteiger charge is 2.23. The molecule has 1 aromatic heterocycles. The molecule has 7 nitrogen and oxygen atoms in total. The highest BCUT2D eigenvalue weighted by Crippen LogP contribution is 2.32. The second-order valence-corrected chi connectivity index (χ2v) is 11.6. The van der Waals surface area contributed by atoms with Crippen LogP contribution in [-0.4, -0.2) is 28.4 Å². The molecule has 0 bridgehead atoms. The largest absolute Gasteiger partial charge is 0.482 e. The van der Waals surface area contributed by atoms with Crippen molar-refractivity contribution in [1.29, 1.82) is 0 Å². The predicted octanol–water partition coefficient (Wildman–Crippen LogP) is 6.91. The summed E-state index contributed by atoms with van der Waals surface area (Å²) in [7, 11) is 0. The third-order valence-electron chi connectivity index (χ3n) is 5.28. The molecule has 3 aromatic carbocycles. The van der Waals surface area contributed by atoms with Gasteiger partial charge in [-0.05, 0) is 64.5 Å². The number of rotatable bonds is 6. The molecule has 0 saturated heterocycles. The Kier molecular flexibility index (Phi) is 8.34. The third-order valence-corrected chi connectivity index (χ3v) is 6.59. The molecule has 38 heavy (non-hydrogen) atoms. The monoisotopic (exact) mass is 662 g/mol. The van der Waals surface area contributed by atoms with E-state index in [4.69, 9.17) is 21.3 Å². The van der Waals surface area contributed by atoms with E-state index in [1.807, 2.05) is 26.8 Å². The van der Waals surface area contributed by atoms with Gasteiger partial charge in [-0.15, -0.1) is 0 Å². The van der Waals surface area contributed by atoms with E-state index < -0.39 is 17.1 Å². The average molecular weight is 665 g/mol. The summed E-state index contributed by atoms with van der Waals surface area (Å²) in [5.74, 6) is -0.208. The van der Waals surface area contributed by atoms with Gasteiger partial charge >= 0.3 is 0 Å². The fraction of sp³-hybridized carbons (Fsp3) is 0.185. The molecule has 4 rings (SSSR count). The maximum Gasteiger partial charge on any atom is 0.282 e. The molecule has 0 spiro atoms. The SMILES string of the molecule is CC(C)(C)c1nc2ccc(Br)cc2c(=O)n1N=Cc1cc(Cl)cc(Br)c1OCC(=O)Nc1cccc(F)c1. The molecular weight excluding hydrogens is 643 g/mol. The van der Waals surface area contributed by atoms with Crippen LogP contribution in [0.4, 0.5) is 10.1 Å². The first-order chi connectivity index (χ1) is 17.9. The van der Waals surface area contributed by atoms with Crippen molar-refractivity contribution in [2.75, 3.05) is 11.9 Å². The van der Waals surface area contributed by atoms with Gasteiger partial charge in [-0.3, -0.25) is 9.59 Å². The smallest absolute Gasteiger partial charge is 0.282 e. The quantitative estimate of drug-likeness (QED) is 0.227. The Balaban J connectivity index is 1.69. The van der Waals surface area contributed by atoms with Gasteiger partial charge in [0, 0.05) is 26.2 Å². The first-order valence-electron chi connectivity index (χ1n) is 11.4. The van der Waals surface area contributed by atoms with Crippen molar-refractivity contribution in [2.45, 2.75) is 26.2 Å². The molecule has 0 atom stereocenters. The number of hydrogen-bond donors (Lipinski definition) is 1. The molecule has 4 aromatic rings. The number of anilines is 1. The van der Waals surface area contributed by atoms with Gasteiger partial charge in [-0.2, -0.15) is 9.78 Å². The van der Waals surface area contributed by atoms with Crippen molar-refractivity contribution in [3.63, 3.8) is 0 Å². The fourth-order valence-corrected chi connectivity index (χ4v) is 4.90. The number of ether oxygens (including phenoxy) is 1. The number of hydrogen-bond acceptors (Lipinski definition) is 5. The van der Waals surface area contributed by atoms with Crippen LogP contribution in [-0.2, 0) is 10.2 Å². The molecule has 0 radical (unpaired) electrons. The number of aromatic nitrogens is 2. The highest BCUT2D eigenvalue weighted by molar-refractivity contribution is 9.10. The fourth-order valence-electron chi connectivity index (χ4n) is 3.59. The number of fused-ring (bicyclic) bond motifs is 1. The number of amides is 1. The van der Waals surface area contributed by atoms with Gasteiger partial charge in [-0.1, -0.05) is 54.4 Å². The van der Waals surface area contributed by atoms with Crippen molar-refractivity contribution in [1.82, 2.24) is 9.66 Å². The van der Waals surface area contributed by atoms with E-state index in [1.165, 1.54) is 29.1 Å². The standard InChI is InChI=1S/C27H22Br2ClFN4O3/c1-27(2,3)26-34-22-8-7-16(28)10-20(22)25(37)35(26)32-13-15-9-17(30)11-21(29)24(15)38-14-23(36)33-19-6-4-5-18(31)12-19/h4-13H,14H2,1-3H3,(H,33,36). The van der Waals surface area contributed by atoms with Crippen molar-refractivity contribution in [3.05, 3.63) is 96.1 Å². The zero-order valence-corrected chi connectivity index (χ0v) is 24.5. The number of nitrogens with one attached hydrogen (secondary N) is 1. The first kappa shape index (κ1) is 27.9. The van der Waals surface area contributed by atoms with E-state index >= 15 is 0 Å². The molecule has 0 aliphatic rings. The number of halogens is 4. The van der Waals surface area contributed by atoms with Gasteiger partial charge < -0.3 is 10.1 Å². The molecule has 0 fully saturated rings. The van der Waals surface area contributed by atoms with Gasteiger partial charge in [0.1, 0.15) is 17.4 Å². The molecule has 196 valence electrons. The lowest BCUT2D eigenvalue weighted by Gasteiger charge is -2.21. The second kappa shape index (κ2) is 11.3. The lowest BCUT2D eigenvalue weighted by Crippen LogP contribution is -2.29. The van der Waals surface area contributed by atoms with Crippen LogP contribution in [0.25, 0.3) is 10.9 Å². The molecular formula is C27H22Br2ClFN4O3. The minimum Gasteiger partial charge on any atom is -0.482 e. The molecule has 1 N–H and O–H groups in total. The summed E-state index contributed by atoms with van der Waals surface area (Å²) in [5, 5.41) is 7.84. The van der Waals surface area contributed by atoms with Crippen molar-refractivity contribution in [3.8, 4) is 5.75 Å². The van der Waals surface area contributed by atoms with Gasteiger partial charge in [-0.25, -0.2) is 9.37 Å². The van der Waals surface area contributed by atoms with E-state index in [2.05, 4.69) is 42.3 Å². The van der Waals surface area contributed by atoms with Crippen molar-refractivity contribution < 1.29 is 13.9 Å². The summed E-state index contributed by atoms with van der Waals surface area (Å²) in [4.78, 5) is 30.6. The molecule has 0 aliphatic heterocycles. The molecule has 11 heteroatoms. The van der Waals surface area contributed by atoms with Crippen LogP contribution in [0, 0.1) is 5.82 Å². The zero-order valence-electron chi connectivity index (χ0n) is 20.6. The normalized spacial score (nSPS) is 11.8. The number of carbonyl (C=O) groups excluding carboxylic acids is 1. The summed E-state index contributed by atoms with van der Waals surface area (Å²) < 4.78 is 21.7. The molecule has 1 heterocycles. The topological polar surface area (TPSA) is 85.6 Å². The van der Waals surface area contributed by atoms with E-state index in [9.17, 15) is 14.0 Å². The summed E-state index contributed by atoms with van der Waals surface area (Å²) in [6.45, 7) is 5.45. The summed E-state index contributed by atoms with van der Waals surface area (Å²) in [6, 6.07) is 14.1. The number of benzene rings is 3. The Bertz CT molecular complexity index is 1630. The van der Waals surface area contributed by atoms with Crippen LogP contribution < -0.4 is 15.6 Å². The first-order valence-corrected chi connectivity index (χ1v) is 13.3. The van der Waals surface area contributed by atoms with Crippen LogP contribution in [0.3, 0.4) is 0 Å². The minimum absolute atomic E-state index is 0.286. The summed E-state index contributed by atoms with van der Waals surface area (Å²) >= 11 is 13.1. The second-order valence-electron chi connectivity index (χ2n) is 9.36. The molecule has 0 aliphatic carbocycles. The van der Waals surface area contributed by atoms with Crippen LogP contribution in [0.5, 0.6) is 5.75 Å². The Morgan fingerprint density at radius 1 is 1.18 bits per heavy atom. The van der Waals surface area contributed by atoms with Crippen molar-refractivity contribution >= 4 is 72.2 Å². The predicted molar refractivity (Wildman–Crippen MR) is 155 cm³/mol. The van der Waals surface area contributed by atoms with Crippen LogP contribution in [0.2, 0.25) is 5.02 Å². The van der Waals surface area contributed by atoms with Gasteiger partial charge in [0.05, 0.1) is 21.6 Å². The van der Waals surface area contributed by atoms with E-state index in [1.54, 1.807) is 30.3 Å². The van der Waals surface area contributed by atoms with Crippen LogP contribution in [0.1, 0.15) is 32.2 Å². The summed E-state index contributed by atoms with van der Waals surface area (Å²) in [6.07, 6.45) is 1.43. The van der Waals surface area contributed by atoms with E-state index in [0.717, 1.165) is 4.47 Å². The Labute approximate surface area is 239 Å².